The maximum atomic E-state index is 13.9. The van der Waals surface area contributed by atoms with Gasteiger partial charge in [-0.1, -0.05) is 12.1 Å². The van der Waals surface area contributed by atoms with Gasteiger partial charge in [-0.15, -0.1) is 0 Å². The van der Waals surface area contributed by atoms with E-state index >= 15 is 0 Å². The van der Waals surface area contributed by atoms with Crippen LogP contribution in [0.25, 0.3) is 0 Å². The quantitative estimate of drug-likeness (QED) is 0.867. The number of rotatable bonds is 1. The monoisotopic (exact) mass is 298 g/mol. The molecule has 1 aromatic carbocycles. The van der Waals surface area contributed by atoms with Crippen LogP contribution in [-0.2, 0) is 4.74 Å². The van der Waals surface area contributed by atoms with Crippen LogP contribution in [0.4, 0.5) is 13.6 Å². The molecule has 1 amide bonds. The summed E-state index contributed by atoms with van der Waals surface area (Å²) < 4.78 is 32.4. The van der Waals surface area contributed by atoms with Gasteiger partial charge in [0.2, 0.25) is 0 Å². The Labute approximate surface area is 122 Å². The van der Waals surface area contributed by atoms with Crippen LogP contribution >= 0.6 is 0 Å². The summed E-state index contributed by atoms with van der Waals surface area (Å²) in [4.78, 5) is 13.5. The van der Waals surface area contributed by atoms with Crippen molar-refractivity contribution in [2.45, 2.75) is 38.3 Å². The van der Waals surface area contributed by atoms with Crippen LogP contribution in [0, 0.1) is 11.6 Å². The van der Waals surface area contributed by atoms with Gasteiger partial charge in [-0.05, 0) is 32.4 Å². The van der Waals surface area contributed by atoms with E-state index in [2.05, 4.69) is 0 Å². The lowest BCUT2D eigenvalue weighted by molar-refractivity contribution is 0.0290. The number of halogens is 2. The molecule has 1 aliphatic heterocycles. The third-order valence-corrected chi connectivity index (χ3v) is 3.40. The van der Waals surface area contributed by atoms with Crippen LogP contribution in [0.5, 0.6) is 0 Å². The van der Waals surface area contributed by atoms with Crippen LogP contribution in [0.2, 0.25) is 0 Å². The van der Waals surface area contributed by atoms with Crippen LogP contribution in [0.1, 0.15) is 32.3 Å². The summed E-state index contributed by atoms with van der Waals surface area (Å²) in [6.45, 7) is 5.78. The Morgan fingerprint density at radius 1 is 1.33 bits per heavy atom. The van der Waals surface area contributed by atoms with Crippen LogP contribution in [0.15, 0.2) is 18.2 Å². The van der Waals surface area contributed by atoms with Crippen molar-refractivity contribution in [2.24, 2.45) is 5.73 Å². The van der Waals surface area contributed by atoms with E-state index in [-0.39, 0.29) is 18.7 Å². The topological polar surface area (TPSA) is 55.6 Å². The molecular weight excluding hydrogens is 278 g/mol. The van der Waals surface area contributed by atoms with Gasteiger partial charge in [0.15, 0.2) is 11.6 Å². The molecule has 1 heterocycles. The normalized spacial score (nSPS) is 22.5. The summed E-state index contributed by atoms with van der Waals surface area (Å²) >= 11 is 0. The van der Waals surface area contributed by atoms with E-state index in [1.165, 1.54) is 17.0 Å². The number of hydrogen-bond donors (Lipinski definition) is 1. The first kappa shape index (κ1) is 15.7. The Morgan fingerprint density at radius 3 is 2.62 bits per heavy atom. The van der Waals surface area contributed by atoms with Gasteiger partial charge in [-0.25, -0.2) is 13.6 Å². The molecule has 0 aliphatic carbocycles. The Balaban J connectivity index is 2.15. The highest BCUT2D eigenvalue weighted by Crippen LogP contribution is 2.30. The number of carbonyl (C=O) groups excluding carboxylic acids is 1. The molecule has 0 saturated carbocycles. The van der Waals surface area contributed by atoms with E-state index in [1.807, 2.05) is 0 Å². The Kier molecular flexibility index (Phi) is 4.18. The number of likely N-dealkylation sites (tertiary alicyclic amines) is 1. The van der Waals surface area contributed by atoms with Crippen molar-refractivity contribution in [1.82, 2.24) is 4.90 Å². The van der Waals surface area contributed by atoms with Gasteiger partial charge in [0.05, 0.1) is 0 Å². The van der Waals surface area contributed by atoms with Crippen molar-refractivity contribution in [2.75, 3.05) is 13.1 Å². The van der Waals surface area contributed by atoms with E-state index in [0.29, 0.717) is 0 Å². The van der Waals surface area contributed by atoms with E-state index in [1.54, 1.807) is 20.8 Å². The van der Waals surface area contributed by atoms with Crippen molar-refractivity contribution in [3.8, 4) is 0 Å². The zero-order valence-electron chi connectivity index (χ0n) is 12.4. The van der Waals surface area contributed by atoms with Gasteiger partial charge >= 0.3 is 6.09 Å². The molecule has 1 saturated heterocycles. The third-order valence-electron chi connectivity index (χ3n) is 3.40. The van der Waals surface area contributed by atoms with Gasteiger partial charge in [-0.2, -0.15) is 0 Å². The van der Waals surface area contributed by atoms with Crippen LogP contribution in [-0.4, -0.2) is 35.7 Å². The Morgan fingerprint density at radius 2 is 2.00 bits per heavy atom. The lowest BCUT2D eigenvalue weighted by atomic mass is 9.94. The van der Waals surface area contributed by atoms with Crippen molar-refractivity contribution >= 4 is 6.09 Å². The standard InChI is InChI=1S/C15H20F2N2O2/c1-15(2,3)21-14(20)19-7-10(12(18)8-19)9-5-4-6-11(16)13(9)17/h4-6,10,12H,7-8,18H2,1-3H3/t10-,12+/m1/s1. The van der Waals surface area contributed by atoms with Crippen molar-refractivity contribution in [3.05, 3.63) is 35.4 Å². The van der Waals surface area contributed by atoms with Crippen LogP contribution < -0.4 is 5.73 Å². The van der Waals surface area contributed by atoms with E-state index in [0.717, 1.165) is 6.07 Å². The molecule has 2 N–H and O–H groups in total. The molecule has 0 spiro atoms. The minimum atomic E-state index is -0.907. The average Bonchev–Trinajstić information content (AvgIpc) is 2.73. The molecule has 1 aliphatic rings. The fourth-order valence-corrected chi connectivity index (χ4v) is 2.44. The number of ether oxygens (including phenoxy) is 1. The molecule has 2 rings (SSSR count). The van der Waals surface area contributed by atoms with Gasteiger partial charge < -0.3 is 15.4 Å². The van der Waals surface area contributed by atoms with Crippen molar-refractivity contribution in [3.63, 3.8) is 0 Å². The molecule has 0 aromatic heterocycles. The summed E-state index contributed by atoms with van der Waals surface area (Å²) in [5.74, 6) is -2.24. The molecular formula is C15H20F2N2O2. The molecule has 0 bridgehead atoms. The number of benzene rings is 1. The number of amides is 1. The summed E-state index contributed by atoms with van der Waals surface area (Å²) in [5.41, 5.74) is 5.58. The first-order valence-corrected chi connectivity index (χ1v) is 6.86. The number of carbonyl (C=O) groups is 1. The molecule has 21 heavy (non-hydrogen) atoms. The maximum Gasteiger partial charge on any atom is 0.410 e. The van der Waals surface area contributed by atoms with Crippen molar-refractivity contribution in [1.29, 1.82) is 0 Å². The molecule has 1 aromatic rings. The minimum absolute atomic E-state index is 0.202. The molecule has 2 atom stereocenters. The summed E-state index contributed by atoms with van der Waals surface area (Å²) in [7, 11) is 0. The van der Waals surface area contributed by atoms with Gasteiger partial charge in [-0.3, -0.25) is 0 Å². The predicted octanol–water partition coefficient (Wildman–Crippen LogP) is 2.63. The highest BCUT2D eigenvalue weighted by atomic mass is 19.2. The summed E-state index contributed by atoms with van der Waals surface area (Å²) in [6.07, 6.45) is -0.489. The zero-order chi connectivity index (χ0) is 15.8. The fraction of sp³-hybridized carbons (Fsp3) is 0.533. The number of nitrogens with two attached hydrogens (primary N) is 1. The van der Waals surface area contributed by atoms with Crippen LogP contribution in [0.3, 0.4) is 0 Å². The SMILES string of the molecule is CC(C)(C)OC(=O)N1C[C@H](c2cccc(F)c2F)[C@@H](N)C1. The zero-order valence-corrected chi connectivity index (χ0v) is 12.4. The maximum absolute atomic E-state index is 13.9. The van der Waals surface area contributed by atoms with Gasteiger partial charge in [0.25, 0.3) is 0 Å². The highest BCUT2D eigenvalue weighted by Gasteiger charge is 2.37. The molecule has 116 valence electrons. The highest BCUT2D eigenvalue weighted by molar-refractivity contribution is 5.69. The summed E-state index contributed by atoms with van der Waals surface area (Å²) in [6, 6.07) is 3.55. The molecule has 6 heteroatoms. The third kappa shape index (κ3) is 3.50. The largest absolute Gasteiger partial charge is 0.444 e. The van der Waals surface area contributed by atoms with E-state index < -0.39 is 35.3 Å². The van der Waals surface area contributed by atoms with Gasteiger partial charge in [0.1, 0.15) is 5.60 Å². The fourth-order valence-electron chi connectivity index (χ4n) is 2.44. The molecule has 0 unspecified atom stereocenters. The Hall–Kier alpha value is -1.69. The van der Waals surface area contributed by atoms with Gasteiger partial charge in [0, 0.05) is 25.0 Å². The molecule has 0 radical (unpaired) electrons. The second-order valence-corrected chi connectivity index (χ2v) is 6.30. The smallest absolute Gasteiger partial charge is 0.410 e. The lowest BCUT2D eigenvalue weighted by Crippen LogP contribution is -2.36. The second-order valence-electron chi connectivity index (χ2n) is 6.30. The second kappa shape index (κ2) is 5.60. The lowest BCUT2D eigenvalue weighted by Gasteiger charge is -2.24. The predicted molar refractivity (Wildman–Crippen MR) is 74.9 cm³/mol. The number of hydrogen-bond acceptors (Lipinski definition) is 3. The first-order valence-electron chi connectivity index (χ1n) is 6.86. The van der Waals surface area contributed by atoms with E-state index in [4.69, 9.17) is 10.5 Å². The van der Waals surface area contributed by atoms with E-state index in [9.17, 15) is 13.6 Å². The number of nitrogens with zero attached hydrogens (tertiary/aromatic N) is 1. The molecule has 4 nitrogen and oxygen atoms in total. The first-order chi connectivity index (χ1) is 9.69. The summed E-state index contributed by atoms with van der Waals surface area (Å²) in [5, 5.41) is 0. The Bertz CT molecular complexity index is 543. The van der Waals surface area contributed by atoms with Crippen molar-refractivity contribution < 1.29 is 18.3 Å². The average molecular weight is 298 g/mol. The minimum Gasteiger partial charge on any atom is -0.444 e. The molecule has 1 fully saturated rings.